The SMILES string of the molecule is Cc1cc(C(=O)N(CC2CC2)CC2CCCO2)ccc1C#N. The van der Waals surface area contributed by atoms with E-state index in [-0.39, 0.29) is 12.0 Å². The number of aryl methyl sites for hydroxylation is 1. The molecule has 1 saturated heterocycles. The van der Waals surface area contributed by atoms with Crippen molar-refractivity contribution >= 4 is 5.91 Å². The average molecular weight is 298 g/mol. The molecule has 1 aliphatic carbocycles. The van der Waals surface area contributed by atoms with E-state index >= 15 is 0 Å². The van der Waals surface area contributed by atoms with Gasteiger partial charge >= 0.3 is 0 Å². The zero-order valence-corrected chi connectivity index (χ0v) is 13.0. The van der Waals surface area contributed by atoms with Gasteiger partial charge in [0.05, 0.1) is 17.7 Å². The van der Waals surface area contributed by atoms with Gasteiger partial charge in [-0.15, -0.1) is 0 Å². The first kappa shape index (κ1) is 15.1. The Balaban J connectivity index is 1.75. The molecular formula is C18H22N2O2. The maximum atomic E-state index is 12.8. The molecule has 1 unspecified atom stereocenters. The molecule has 3 rings (SSSR count). The third-order valence-corrected chi connectivity index (χ3v) is 4.50. The van der Waals surface area contributed by atoms with Crippen molar-refractivity contribution in [1.29, 1.82) is 5.26 Å². The fraction of sp³-hybridized carbons (Fsp3) is 0.556. The number of carbonyl (C=O) groups is 1. The van der Waals surface area contributed by atoms with Crippen molar-refractivity contribution in [3.63, 3.8) is 0 Å². The number of nitrogens with zero attached hydrogens (tertiary/aromatic N) is 2. The van der Waals surface area contributed by atoms with Crippen LogP contribution in [0.3, 0.4) is 0 Å². The topological polar surface area (TPSA) is 53.3 Å². The largest absolute Gasteiger partial charge is 0.376 e. The Kier molecular flexibility index (Phi) is 4.44. The number of rotatable bonds is 5. The molecule has 0 spiro atoms. The van der Waals surface area contributed by atoms with Crippen LogP contribution in [-0.2, 0) is 4.74 Å². The van der Waals surface area contributed by atoms with E-state index in [2.05, 4.69) is 6.07 Å². The minimum Gasteiger partial charge on any atom is -0.376 e. The summed E-state index contributed by atoms with van der Waals surface area (Å²) in [5.41, 5.74) is 2.16. The van der Waals surface area contributed by atoms with Crippen LogP contribution in [0.2, 0.25) is 0 Å². The normalized spacial score (nSPS) is 20.6. The monoisotopic (exact) mass is 298 g/mol. The molecule has 2 fully saturated rings. The van der Waals surface area contributed by atoms with Crippen LogP contribution >= 0.6 is 0 Å². The van der Waals surface area contributed by atoms with Crippen molar-refractivity contribution < 1.29 is 9.53 Å². The van der Waals surface area contributed by atoms with E-state index in [9.17, 15) is 4.79 Å². The van der Waals surface area contributed by atoms with Gasteiger partial charge in [0.2, 0.25) is 0 Å². The lowest BCUT2D eigenvalue weighted by Crippen LogP contribution is -2.38. The highest BCUT2D eigenvalue weighted by Gasteiger charge is 2.30. The molecule has 1 heterocycles. The number of amides is 1. The van der Waals surface area contributed by atoms with Crippen molar-refractivity contribution in [2.75, 3.05) is 19.7 Å². The number of ether oxygens (including phenoxy) is 1. The Morgan fingerprint density at radius 3 is 2.77 bits per heavy atom. The van der Waals surface area contributed by atoms with Gasteiger partial charge in [0.15, 0.2) is 0 Å². The molecule has 1 atom stereocenters. The fourth-order valence-corrected chi connectivity index (χ4v) is 2.99. The number of nitriles is 1. The number of benzene rings is 1. The summed E-state index contributed by atoms with van der Waals surface area (Å²) in [5.74, 6) is 0.722. The van der Waals surface area contributed by atoms with E-state index in [0.29, 0.717) is 23.6 Å². The molecule has 116 valence electrons. The molecule has 1 aliphatic heterocycles. The second-order valence-electron chi connectivity index (χ2n) is 6.43. The Hall–Kier alpha value is -1.86. The van der Waals surface area contributed by atoms with Gasteiger partial charge in [-0.3, -0.25) is 4.79 Å². The molecule has 0 bridgehead atoms. The van der Waals surface area contributed by atoms with E-state index in [1.54, 1.807) is 12.1 Å². The van der Waals surface area contributed by atoms with Gasteiger partial charge in [0, 0.05) is 25.3 Å². The molecular weight excluding hydrogens is 276 g/mol. The summed E-state index contributed by atoms with van der Waals surface area (Å²) in [6, 6.07) is 7.48. The molecule has 1 aromatic carbocycles. The molecule has 0 aromatic heterocycles. The summed E-state index contributed by atoms with van der Waals surface area (Å²) in [5, 5.41) is 9.01. The standard InChI is InChI=1S/C18H22N2O2/c1-13-9-15(6-7-16(13)10-19)18(21)20(11-14-4-5-14)12-17-3-2-8-22-17/h6-7,9,14,17H,2-5,8,11-12H2,1H3. The first-order valence-electron chi connectivity index (χ1n) is 8.09. The molecule has 1 saturated carbocycles. The predicted molar refractivity (Wildman–Crippen MR) is 83.5 cm³/mol. The van der Waals surface area contributed by atoms with Gasteiger partial charge in [0.25, 0.3) is 5.91 Å². The van der Waals surface area contributed by atoms with Crippen LogP contribution < -0.4 is 0 Å². The van der Waals surface area contributed by atoms with Gasteiger partial charge in [0.1, 0.15) is 0 Å². The summed E-state index contributed by atoms with van der Waals surface area (Å²) in [6.07, 6.45) is 4.76. The van der Waals surface area contributed by atoms with Gasteiger partial charge in [-0.25, -0.2) is 0 Å². The van der Waals surface area contributed by atoms with Gasteiger partial charge in [-0.1, -0.05) is 0 Å². The zero-order chi connectivity index (χ0) is 15.5. The molecule has 0 N–H and O–H groups in total. The highest BCUT2D eigenvalue weighted by Crippen LogP contribution is 2.31. The molecule has 4 heteroatoms. The lowest BCUT2D eigenvalue weighted by Gasteiger charge is -2.25. The third-order valence-electron chi connectivity index (χ3n) is 4.50. The molecule has 4 nitrogen and oxygen atoms in total. The van der Waals surface area contributed by atoms with Gasteiger partial charge < -0.3 is 9.64 Å². The van der Waals surface area contributed by atoms with Crippen molar-refractivity contribution in [2.24, 2.45) is 5.92 Å². The minimum atomic E-state index is 0.0648. The maximum Gasteiger partial charge on any atom is 0.253 e. The van der Waals surface area contributed by atoms with Crippen molar-refractivity contribution in [3.8, 4) is 6.07 Å². The molecule has 1 amide bonds. The predicted octanol–water partition coefficient (Wildman–Crippen LogP) is 2.90. The second kappa shape index (κ2) is 6.50. The maximum absolute atomic E-state index is 12.8. The first-order chi connectivity index (χ1) is 10.7. The third kappa shape index (κ3) is 3.48. The van der Waals surface area contributed by atoms with Crippen LogP contribution in [0.25, 0.3) is 0 Å². The van der Waals surface area contributed by atoms with E-state index in [0.717, 1.165) is 31.6 Å². The second-order valence-corrected chi connectivity index (χ2v) is 6.43. The van der Waals surface area contributed by atoms with E-state index < -0.39 is 0 Å². The lowest BCUT2D eigenvalue weighted by molar-refractivity contribution is 0.0515. The van der Waals surface area contributed by atoms with E-state index in [1.165, 1.54) is 12.8 Å². The number of carbonyl (C=O) groups excluding carboxylic acids is 1. The summed E-state index contributed by atoms with van der Waals surface area (Å²) in [4.78, 5) is 14.8. The molecule has 22 heavy (non-hydrogen) atoms. The minimum absolute atomic E-state index is 0.0648. The molecule has 1 aromatic rings. The highest BCUT2D eigenvalue weighted by atomic mass is 16.5. The number of hydrogen-bond donors (Lipinski definition) is 0. The van der Waals surface area contributed by atoms with Gasteiger partial charge in [-0.05, 0) is 62.3 Å². The van der Waals surface area contributed by atoms with Crippen LogP contribution in [0, 0.1) is 24.2 Å². The highest BCUT2D eigenvalue weighted by molar-refractivity contribution is 5.94. The number of hydrogen-bond acceptors (Lipinski definition) is 3. The Morgan fingerprint density at radius 1 is 1.36 bits per heavy atom. The summed E-state index contributed by atoms with van der Waals surface area (Å²) in [7, 11) is 0. The van der Waals surface area contributed by atoms with Crippen LogP contribution in [0.15, 0.2) is 18.2 Å². The Bertz CT molecular complexity index is 596. The van der Waals surface area contributed by atoms with E-state index in [4.69, 9.17) is 10.00 Å². The molecule has 0 radical (unpaired) electrons. The first-order valence-corrected chi connectivity index (χ1v) is 8.09. The van der Waals surface area contributed by atoms with Crippen molar-refractivity contribution in [3.05, 3.63) is 34.9 Å². The van der Waals surface area contributed by atoms with Gasteiger partial charge in [-0.2, -0.15) is 5.26 Å². The van der Waals surface area contributed by atoms with Crippen LogP contribution in [0.1, 0.15) is 47.2 Å². The molecule has 2 aliphatic rings. The van der Waals surface area contributed by atoms with Crippen molar-refractivity contribution in [1.82, 2.24) is 4.90 Å². The van der Waals surface area contributed by atoms with Crippen molar-refractivity contribution in [2.45, 2.75) is 38.7 Å². The van der Waals surface area contributed by atoms with Crippen LogP contribution in [0.4, 0.5) is 0 Å². The summed E-state index contributed by atoms with van der Waals surface area (Å²) < 4.78 is 5.69. The van der Waals surface area contributed by atoms with Crippen LogP contribution in [-0.4, -0.2) is 36.6 Å². The van der Waals surface area contributed by atoms with Crippen LogP contribution in [0.5, 0.6) is 0 Å². The summed E-state index contributed by atoms with van der Waals surface area (Å²) >= 11 is 0. The Labute approximate surface area is 131 Å². The van der Waals surface area contributed by atoms with E-state index in [1.807, 2.05) is 17.9 Å². The fourth-order valence-electron chi connectivity index (χ4n) is 2.99. The smallest absolute Gasteiger partial charge is 0.253 e. The zero-order valence-electron chi connectivity index (χ0n) is 13.0. The average Bonchev–Trinajstić information content (AvgIpc) is 3.19. The quantitative estimate of drug-likeness (QED) is 0.840. The lowest BCUT2D eigenvalue weighted by atomic mass is 10.0. The Morgan fingerprint density at radius 2 is 2.18 bits per heavy atom. The summed E-state index contributed by atoms with van der Waals surface area (Å²) in [6.45, 7) is 4.21.